The lowest BCUT2D eigenvalue weighted by molar-refractivity contribution is -0.161. The number of esters is 1. The summed E-state index contributed by atoms with van der Waals surface area (Å²) in [5.41, 5.74) is 3.67. The molecular formula is C38H62N4O11. The van der Waals surface area contributed by atoms with Gasteiger partial charge in [0, 0.05) is 47.2 Å². The minimum atomic E-state index is -1.20. The van der Waals surface area contributed by atoms with Gasteiger partial charge in [-0.15, -0.1) is 0 Å². The Bertz CT molecular complexity index is 1280. The third-order valence-corrected chi connectivity index (χ3v) is 9.78. The summed E-state index contributed by atoms with van der Waals surface area (Å²) in [5.74, 6) is -2.86. The number of carboxylic acids is 2. The molecule has 1 heterocycles. The number of carboxylic acid groups (broad SMARTS) is 2. The van der Waals surface area contributed by atoms with Crippen LogP contribution in [0.25, 0.3) is 0 Å². The van der Waals surface area contributed by atoms with Crippen molar-refractivity contribution in [1.29, 1.82) is 0 Å². The first-order valence-electron chi connectivity index (χ1n) is 18.5. The van der Waals surface area contributed by atoms with E-state index in [0.717, 1.165) is 23.3 Å². The predicted molar refractivity (Wildman–Crippen MR) is 197 cm³/mol. The van der Waals surface area contributed by atoms with Gasteiger partial charge in [0.15, 0.2) is 0 Å². The van der Waals surface area contributed by atoms with E-state index in [0.29, 0.717) is 19.4 Å². The van der Waals surface area contributed by atoms with Crippen LogP contribution in [0.4, 0.5) is 0 Å². The average molecular weight is 751 g/mol. The van der Waals surface area contributed by atoms with Crippen molar-refractivity contribution >= 4 is 29.7 Å². The van der Waals surface area contributed by atoms with Gasteiger partial charge < -0.3 is 34.2 Å². The molecule has 2 rings (SSSR count). The number of carbonyl (C=O) groups is 5. The van der Waals surface area contributed by atoms with Crippen LogP contribution in [-0.2, 0) is 49.4 Å². The van der Waals surface area contributed by atoms with E-state index in [9.17, 15) is 24.0 Å². The second-order valence-electron chi connectivity index (χ2n) is 14.3. The Morgan fingerprint density at radius 2 is 1.60 bits per heavy atom. The molecule has 0 unspecified atom stereocenters. The first-order valence-corrected chi connectivity index (χ1v) is 18.5. The Balaban J connectivity index is 2.16. The Morgan fingerprint density at radius 1 is 0.962 bits per heavy atom. The maximum absolute atomic E-state index is 14.0. The number of benzene rings is 1. The standard InChI is InChI=1S/C38H62N4O11/c1-9-26(4)36(40(6)32(43)20-25(2)3)31(50-7)22-33(44)42-17-13-16-30(42)37(51-8)27(5)53-39-29(21-28-14-11-10-12-15-28)38(49)52-19-18-41(23-34(45)46)24-35(47)48/h10-12,14-15,25-27,29-31,36-37,39H,9,13,16-24H2,1-8H3,(H,45,46)(H,47,48)/t26-,27+,29-,30-,31+,36-,37+/m0/s1. The maximum atomic E-state index is 14.0. The van der Waals surface area contributed by atoms with E-state index in [1.54, 1.807) is 38.0 Å². The Labute approximate surface area is 314 Å². The van der Waals surface area contributed by atoms with Crippen molar-refractivity contribution in [3.05, 3.63) is 35.9 Å². The summed E-state index contributed by atoms with van der Waals surface area (Å²) in [6.45, 7) is 9.09. The summed E-state index contributed by atoms with van der Waals surface area (Å²) in [6, 6.07) is 7.65. The van der Waals surface area contributed by atoms with Crippen LogP contribution in [0.1, 0.15) is 72.3 Å². The Kier molecular flexibility index (Phi) is 19.9. The normalized spacial score (nSPS) is 17.9. The smallest absolute Gasteiger partial charge is 0.325 e. The van der Waals surface area contributed by atoms with Gasteiger partial charge >= 0.3 is 17.9 Å². The largest absolute Gasteiger partial charge is 0.480 e. The number of hydrogen-bond acceptors (Lipinski definition) is 11. The number of nitrogens with zero attached hydrogens (tertiary/aromatic N) is 3. The van der Waals surface area contributed by atoms with Crippen LogP contribution in [0.15, 0.2) is 30.3 Å². The van der Waals surface area contributed by atoms with Crippen molar-refractivity contribution < 1.29 is 53.2 Å². The van der Waals surface area contributed by atoms with Gasteiger partial charge in [-0.25, -0.2) is 0 Å². The number of carbonyl (C=O) groups excluding carboxylic acids is 3. The highest BCUT2D eigenvalue weighted by Gasteiger charge is 2.41. The Hall–Kier alpha value is -3.63. The number of methoxy groups -OCH3 is 2. The van der Waals surface area contributed by atoms with E-state index in [1.165, 1.54) is 0 Å². The zero-order valence-corrected chi connectivity index (χ0v) is 32.7. The number of ether oxygens (including phenoxy) is 3. The molecule has 0 saturated carbocycles. The summed E-state index contributed by atoms with van der Waals surface area (Å²) < 4.78 is 17.3. The molecule has 2 amide bonds. The number of amides is 2. The fraction of sp³-hybridized carbons (Fsp3) is 0.711. The number of hydrogen-bond donors (Lipinski definition) is 3. The van der Waals surface area contributed by atoms with Crippen molar-refractivity contribution in [3.8, 4) is 0 Å². The molecule has 1 aliphatic rings. The van der Waals surface area contributed by atoms with E-state index in [4.69, 9.17) is 29.3 Å². The summed E-state index contributed by atoms with van der Waals surface area (Å²) in [6.07, 6.45) is 1.25. The predicted octanol–water partition coefficient (Wildman–Crippen LogP) is 2.85. The first-order chi connectivity index (χ1) is 25.1. The molecule has 1 aromatic carbocycles. The second-order valence-corrected chi connectivity index (χ2v) is 14.3. The summed E-state index contributed by atoms with van der Waals surface area (Å²) >= 11 is 0. The molecule has 7 atom stereocenters. The summed E-state index contributed by atoms with van der Waals surface area (Å²) in [4.78, 5) is 73.4. The van der Waals surface area contributed by atoms with Gasteiger partial charge in [0.05, 0.1) is 37.7 Å². The van der Waals surface area contributed by atoms with Gasteiger partial charge in [-0.2, -0.15) is 5.48 Å². The van der Waals surface area contributed by atoms with Crippen LogP contribution in [0.3, 0.4) is 0 Å². The first kappa shape index (κ1) is 45.5. The van der Waals surface area contributed by atoms with Gasteiger partial charge in [-0.1, -0.05) is 64.4 Å². The lowest BCUT2D eigenvalue weighted by Crippen LogP contribution is -2.53. The number of hydroxylamine groups is 1. The number of aliphatic carboxylic acids is 2. The fourth-order valence-corrected chi connectivity index (χ4v) is 6.89. The molecule has 1 fully saturated rings. The molecule has 0 aromatic heterocycles. The van der Waals surface area contributed by atoms with Gasteiger partial charge in [0.2, 0.25) is 11.8 Å². The van der Waals surface area contributed by atoms with Gasteiger partial charge in [0.1, 0.15) is 24.9 Å². The molecule has 15 nitrogen and oxygen atoms in total. The zero-order valence-electron chi connectivity index (χ0n) is 32.7. The van der Waals surface area contributed by atoms with Crippen molar-refractivity contribution in [1.82, 2.24) is 20.2 Å². The minimum Gasteiger partial charge on any atom is -0.480 e. The van der Waals surface area contributed by atoms with Crippen molar-refractivity contribution in [2.75, 3.05) is 54.1 Å². The molecule has 15 heteroatoms. The van der Waals surface area contributed by atoms with Crippen LogP contribution in [0, 0.1) is 11.8 Å². The van der Waals surface area contributed by atoms with Crippen LogP contribution in [0.2, 0.25) is 0 Å². The maximum Gasteiger partial charge on any atom is 0.325 e. The monoisotopic (exact) mass is 750 g/mol. The molecule has 0 bridgehead atoms. The van der Waals surface area contributed by atoms with Gasteiger partial charge in [-0.3, -0.25) is 33.7 Å². The molecule has 3 N–H and O–H groups in total. The molecule has 300 valence electrons. The number of likely N-dealkylation sites (N-methyl/N-ethyl adjacent to an activating group) is 1. The molecule has 1 aliphatic heterocycles. The molecule has 1 saturated heterocycles. The van der Waals surface area contributed by atoms with Crippen LogP contribution in [0.5, 0.6) is 0 Å². The van der Waals surface area contributed by atoms with E-state index in [-0.39, 0.29) is 61.7 Å². The summed E-state index contributed by atoms with van der Waals surface area (Å²) in [5, 5.41) is 18.2. The number of likely N-dealkylation sites (tertiary alicyclic amines) is 1. The highest BCUT2D eigenvalue weighted by molar-refractivity contribution is 5.79. The third-order valence-electron chi connectivity index (χ3n) is 9.78. The zero-order chi connectivity index (χ0) is 39.7. The van der Waals surface area contributed by atoms with E-state index in [2.05, 4.69) is 19.3 Å². The van der Waals surface area contributed by atoms with E-state index in [1.807, 2.05) is 44.2 Å². The van der Waals surface area contributed by atoms with Gasteiger partial charge in [0.25, 0.3) is 0 Å². The van der Waals surface area contributed by atoms with Crippen LogP contribution in [-0.4, -0.2) is 145 Å². The highest BCUT2D eigenvalue weighted by atomic mass is 16.7. The van der Waals surface area contributed by atoms with Crippen LogP contribution >= 0.6 is 0 Å². The van der Waals surface area contributed by atoms with Crippen LogP contribution < -0.4 is 5.48 Å². The van der Waals surface area contributed by atoms with Crippen molar-refractivity contribution in [3.63, 3.8) is 0 Å². The summed E-state index contributed by atoms with van der Waals surface area (Å²) in [7, 11) is 4.92. The van der Waals surface area contributed by atoms with E-state index >= 15 is 0 Å². The van der Waals surface area contributed by atoms with E-state index < -0.39 is 55.4 Å². The molecule has 0 radical (unpaired) electrons. The van der Waals surface area contributed by atoms with Gasteiger partial charge in [-0.05, 0) is 37.2 Å². The minimum absolute atomic E-state index is 0.0181. The molecule has 1 aromatic rings. The molecule has 0 aliphatic carbocycles. The quantitative estimate of drug-likeness (QED) is 0.0981. The Morgan fingerprint density at radius 3 is 2.15 bits per heavy atom. The lowest BCUT2D eigenvalue weighted by Gasteiger charge is -2.39. The topological polar surface area (TPSA) is 184 Å². The third kappa shape index (κ3) is 15.0. The number of rotatable bonds is 25. The lowest BCUT2D eigenvalue weighted by atomic mass is 9.90. The SMILES string of the molecule is CC[C@H](C)[C@@H]([C@@H](CC(=O)N1CCC[C@H]1[C@H](OC)[C@@H](C)ON[C@@H](Cc1ccccc1)C(=O)OCCN(CC(=O)O)CC(=O)O)OC)N(C)C(=O)CC(C)C. The van der Waals surface area contributed by atoms with Crippen molar-refractivity contribution in [2.45, 2.75) is 110 Å². The molecular weight excluding hydrogens is 688 g/mol. The second kappa shape index (κ2) is 23.2. The average Bonchev–Trinajstić information content (AvgIpc) is 3.59. The molecule has 0 spiro atoms. The number of nitrogens with one attached hydrogen (secondary N) is 1. The molecule has 53 heavy (non-hydrogen) atoms. The van der Waals surface area contributed by atoms with Crippen molar-refractivity contribution in [2.24, 2.45) is 11.8 Å². The fourth-order valence-electron chi connectivity index (χ4n) is 6.89. The highest BCUT2D eigenvalue weighted by Crippen LogP contribution is 2.28.